The second kappa shape index (κ2) is 7.32. The van der Waals surface area contributed by atoms with E-state index in [4.69, 9.17) is 0 Å². The molecule has 0 radical (unpaired) electrons. The Morgan fingerprint density at radius 2 is 1.70 bits per heavy atom. The molecule has 0 spiro atoms. The van der Waals surface area contributed by atoms with Crippen LogP contribution in [-0.4, -0.2) is 27.3 Å². The van der Waals surface area contributed by atoms with Crippen molar-refractivity contribution in [1.29, 1.82) is 0 Å². The molecule has 2 N–H and O–H groups in total. The highest BCUT2D eigenvalue weighted by Crippen LogP contribution is 2.30. The van der Waals surface area contributed by atoms with Gasteiger partial charge in [0.05, 0.1) is 29.6 Å². The number of nitrogens with one attached hydrogen (secondary N) is 2. The molecule has 144 valence electrons. The highest BCUT2D eigenvalue weighted by Gasteiger charge is 2.30. The van der Waals surface area contributed by atoms with Crippen LogP contribution in [0.5, 0.6) is 0 Å². The molecule has 5 nitrogen and oxygen atoms in total. The van der Waals surface area contributed by atoms with Gasteiger partial charge in [0.25, 0.3) is 10.0 Å². The van der Waals surface area contributed by atoms with Crippen LogP contribution in [0.2, 0.25) is 0 Å². The summed E-state index contributed by atoms with van der Waals surface area (Å²) in [4.78, 5) is 4.37. The van der Waals surface area contributed by atoms with E-state index in [1.54, 1.807) is 12.1 Å². The van der Waals surface area contributed by atoms with E-state index >= 15 is 0 Å². The molecule has 3 rings (SSSR count). The number of hydrogen-bond donors (Lipinski definition) is 2. The van der Waals surface area contributed by atoms with Crippen LogP contribution in [-0.2, 0) is 16.2 Å². The summed E-state index contributed by atoms with van der Waals surface area (Å²) in [5.41, 5.74) is 0.898. The highest BCUT2D eigenvalue weighted by atomic mass is 32.2. The Balaban J connectivity index is 1.67. The molecule has 1 aliphatic rings. The van der Waals surface area contributed by atoms with Gasteiger partial charge in [-0.3, -0.25) is 9.71 Å². The molecule has 0 unspecified atom stereocenters. The van der Waals surface area contributed by atoms with Gasteiger partial charge in [-0.1, -0.05) is 29.8 Å². The average molecular weight is 397 g/mol. The molecule has 9 heteroatoms. The van der Waals surface area contributed by atoms with E-state index in [1.165, 1.54) is 24.3 Å². The minimum atomic E-state index is -4.38. The molecule has 0 saturated carbocycles. The zero-order valence-corrected chi connectivity index (χ0v) is 15.2. The number of benzene rings is 2. The quantitative estimate of drug-likeness (QED) is 0.837. The largest absolute Gasteiger partial charge is 0.416 e. The van der Waals surface area contributed by atoms with Gasteiger partial charge in [0.15, 0.2) is 0 Å². The Kier molecular flexibility index (Phi) is 5.25. The lowest BCUT2D eigenvalue weighted by atomic mass is 10.0. The van der Waals surface area contributed by atoms with E-state index in [1.807, 2.05) is 6.92 Å². The smallest absolute Gasteiger partial charge is 0.301 e. The van der Waals surface area contributed by atoms with Crippen LogP contribution < -0.4 is 10.0 Å². The zero-order valence-electron chi connectivity index (χ0n) is 14.4. The molecular formula is C18H18F3N3O2S. The van der Waals surface area contributed by atoms with Crippen molar-refractivity contribution in [3.63, 3.8) is 0 Å². The number of alkyl halides is 3. The average Bonchev–Trinajstić information content (AvgIpc) is 2.62. The van der Waals surface area contributed by atoms with Crippen molar-refractivity contribution in [2.24, 2.45) is 4.99 Å². The Morgan fingerprint density at radius 3 is 2.22 bits per heavy atom. The van der Waals surface area contributed by atoms with E-state index in [0.29, 0.717) is 5.56 Å². The topological polar surface area (TPSA) is 70.6 Å². The SMILES string of the molecule is Cc1ccc(S(=O)(=O)NC2=NC[C@H](c3ccc(C(F)(F)F)cc3)NC2)cc1. The second-order valence-electron chi connectivity index (χ2n) is 6.26. The van der Waals surface area contributed by atoms with Crippen molar-refractivity contribution < 1.29 is 21.6 Å². The molecular weight excluding hydrogens is 379 g/mol. The lowest BCUT2D eigenvalue weighted by molar-refractivity contribution is -0.137. The minimum Gasteiger partial charge on any atom is -0.301 e. The minimum absolute atomic E-state index is 0.140. The number of rotatable bonds is 3. The van der Waals surface area contributed by atoms with Crippen LogP contribution in [0.4, 0.5) is 13.2 Å². The van der Waals surface area contributed by atoms with Crippen molar-refractivity contribution in [3.05, 3.63) is 65.2 Å². The van der Waals surface area contributed by atoms with E-state index in [-0.39, 0.29) is 29.9 Å². The van der Waals surface area contributed by atoms with Crippen LogP contribution in [0, 0.1) is 6.92 Å². The summed E-state index contributed by atoms with van der Waals surface area (Å²) in [6.07, 6.45) is -4.38. The lowest BCUT2D eigenvalue weighted by Crippen LogP contribution is -2.43. The molecule has 2 aromatic carbocycles. The standard InChI is InChI=1S/C18H18F3N3O2S/c1-12-2-8-15(9-3-12)27(25,26)24-17-11-22-16(10-23-17)13-4-6-14(7-5-13)18(19,20)21/h2-9,16,22H,10-11H2,1H3,(H,23,24)/t16-/m1/s1. The molecule has 1 heterocycles. The van der Waals surface area contributed by atoms with E-state index in [0.717, 1.165) is 17.7 Å². The first-order valence-corrected chi connectivity index (χ1v) is 9.67. The van der Waals surface area contributed by atoms with Gasteiger partial charge in [0.2, 0.25) is 0 Å². The molecule has 2 aromatic rings. The first-order chi connectivity index (χ1) is 12.6. The van der Waals surface area contributed by atoms with Crippen molar-refractivity contribution in [3.8, 4) is 0 Å². The summed E-state index contributed by atoms with van der Waals surface area (Å²) in [7, 11) is -3.73. The molecule has 1 aliphatic heterocycles. The zero-order chi connectivity index (χ0) is 19.7. The van der Waals surface area contributed by atoms with Gasteiger partial charge in [-0.25, -0.2) is 8.42 Å². The maximum atomic E-state index is 12.6. The second-order valence-corrected chi connectivity index (χ2v) is 7.94. The van der Waals surface area contributed by atoms with Crippen LogP contribution in [0.3, 0.4) is 0 Å². The van der Waals surface area contributed by atoms with Gasteiger partial charge in [-0.15, -0.1) is 0 Å². The maximum absolute atomic E-state index is 12.6. The Labute approximate surface area is 155 Å². The first-order valence-electron chi connectivity index (χ1n) is 8.18. The first kappa shape index (κ1) is 19.4. The number of amidine groups is 1. The van der Waals surface area contributed by atoms with Crippen molar-refractivity contribution in [2.45, 2.75) is 24.0 Å². The molecule has 0 fully saturated rings. The number of halogens is 3. The number of aryl methyl sites for hydroxylation is 1. The van der Waals surface area contributed by atoms with E-state index in [2.05, 4.69) is 15.0 Å². The summed E-state index contributed by atoms with van der Waals surface area (Å²) < 4.78 is 65.1. The molecule has 0 saturated heterocycles. The van der Waals surface area contributed by atoms with Crippen molar-refractivity contribution >= 4 is 15.9 Å². The van der Waals surface area contributed by atoms with E-state index in [9.17, 15) is 21.6 Å². The Bertz CT molecular complexity index is 937. The van der Waals surface area contributed by atoms with Gasteiger partial charge in [-0.05, 0) is 36.8 Å². The molecule has 0 bridgehead atoms. The summed E-state index contributed by atoms with van der Waals surface area (Å²) in [5.74, 6) is 0.263. The third-order valence-electron chi connectivity index (χ3n) is 4.20. The van der Waals surface area contributed by atoms with Crippen molar-refractivity contribution in [1.82, 2.24) is 10.0 Å². The molecule has 1 atom stereocenters. The molecule has 0 aliphatic carbocycles. The van der Waals surface area contributed by atoms with Gasteiger partial charge < -0.3 is 5.32 Å². The fourth-order valence-corrected chi connectivity index (χ4v) is 3.73. The monoisotopic (exact) mass is 397 g/mol. The molecule has 0 aromatic heterocycles. The van der Waals surface area contributed by atoms with Crippen LogP contribution in [0.15, 0.2) is 58.4 Å². The third kappa shape index (κ3) is 4.67. The summed E-state index contributed by atoms with van der Waals surface area (Å²) in [6, 6.07) is 11.0. The van der Waals surface area contributed by atoms with Gasteiger partial charge >= 0.3 is 6.18 Å². The number of hydrogen-bond acceptors (Lipinski definition) is 4. The van der Waals surface area contributed by atoms with Crippen molar-refractivity contribution in [2.75, 3.05) is 13.1 Å². The summed E-state index contributed by atoms with van der Waals surface area (Å²) >= 11 is 0. The summed E-state index contributed by atoms with van der Waals surface area (Å²) in [5, 5.41) is 3.09. The summed E-state index contributed by atoms with van der Waals surface area (Å²) in [6.45, 7) is 2.24. The Hall–Kier alpha value is -2.39. The van der Waals surface area contributed by atoms with Gasteiger partial charge in [0.1, 0.15) is 5.84 Å². The predicted molar refractivity (Wildman–Crippen MR) is 96.0 cm³/mol. The van der Waals surface area contributed by atoms with E-state index < -0.39 is 21.8 Å². The maximum Gasteiger partial charge on any atom is 0.416 e. The van der Waals surface area contributed by atoms with Crippen LogP contribution in [0.1, 0.15) is 22.7 Å². The van der Waals surface area contributed by atoms with Gasteiger partial charge in [-0.2, -0.15) is 13.2 Å². The fraction of sp³-hybridized carbons (Fsp3) is 0.278. The lowest BCUT2D eigenvalue weighted by Gasteiger charge is -2.24. The Morgan fingerprint density at radius 1 is 1.07 bits per heavy atom. The fourth-order valence-electron chi connectivity index (χ4n) is 2.67. The molecule has 0 amide bonds. The number of sulfonamides is 1. The van der Waals surface area contributed by atoms with Crippen LogP contribution >= 0.6 is 0 Å². The number of aliphatic imine (C=N–C) groups is 1. The normalized spacial score (nSPS) is 18.1. The molecule has 27 heavy (non-hydrogen) atoms. The highest BCUT2D eigenvalue weighted by molar-refractivity contribution is 7.90. The van der Waals surface area contributed by atoms with Crippen LogP contribution in [0.25, 0.3) is 0 Å². The number of nitrogens with zero attached hydrogens (tertiary/aromatic N) is 1. The van der Waals surface area contributed by atoms with Gasteiger partial charge in [0, 0.05) is 0 Å². The third-order valence-corrected chi connectivity index (χ3v) is 5.60. The predicted octanol–water partition coefficient (Wildman–Crippen LogP) is 3.04.